The Bertz CT molecular complexity index is 232. The smallest absolute Gasteiger partial charge is 0.220 e. The van der Waals surface area contributed by atoms with Crippen molar-refractivity contribution in [2.45, 2.75) is 46.5 Å². The highest BCUT2D eigenvalue weighted by atomic mass is 16.5. The third-order valence-electron chi connectivity index (χ3n) is 3.08. The molecule has 21 heavy (non-hydrogen) atoms. The van der Waals surface area contributed by atoms with Crippen molar-refractivity contribution < 1.29 is 19.0 Å². The maximum Gasteiger partial charge on any atom is 0.220 e. The summed E-state index contributed by atoms with van der Waals surface area (Å²) in [6.07, 6.45) is 3.24. The molecule has 0 bridgehead atoms. The molecule has 0 saturated carbocycles. The standard InChI is InChI=1S/C16H33NO4/c1-5-8-19-12-16(11-15(18)17-4,13-20-9-6-2)14-21-10-7-3/h5-14H2,1-4H3,(H,17,18). The molecule has 126 valence electrons. The predicted octanol–water partition coefficient (Wildman–Crippen LogP) is 2.39. The average Bonchev–Trinajstić information content (AvgIpc) is 2.48. The molecule has 0 aliphatic rings. The molecule has 0 heterocycles. The Kier molecular flexibility index (Phi) is 12.6. The van der Waals surface area contributed by atoms with E-state index in [2.05, 4.69) is 26.1 Å². The summed E-state index contributed by atoms with van der Waals surface area (Å²) in [7, 11) is 1.65. The van der Waals surface area contributed by atoms with Crippen LogP contribution in [0, 0.1) is 5.41 Å². The maximum absolute atomic E-state index is 11.8. The normalized spacial score (nSPS) is 11.6. The van der Waals surface area contributed by atoms with Crippen molar-refractivity contribution in [3.63, 3.8) is 0 Å². The molecular formula is C16H33NO4. The summed E-state index contributed by atoms with van der Waals surface area (Å²) < 4.78 is 17.1. The van der Waals surface area contributed by atoms with Crippen LogP contribution in [0.15, 0.2) is 0 Å². The van der Waals surface area contributed by atoms with Gasteiger partial charge < -0.3 is 19.5 Å². The van der Waals surface area contributed by atoms with E-state index in [9.17, 15) is 4.79 Å². The van der Waals surface area contributed by atoms with E-state index in [4.69, 9.17) is 14.2 Å². The van der Waals surface area contributed by atoms with E-state index in [0.29, 0.717) is 46.1 Å². The first-order chi connectivity index (χ1) is 10.1. The van der Waals surface area contributed by atoms with Gasteiger partial charge in [-0.25, -0.2) is 0 Å². The summed E-state index contributed by atoms with van der Waals surface area (Å²) in [5.74, 6) is -0.00436. The summed E-state index contributed by atoms with van der Waals surface area (Å²) in [6, 6.07) is 0. The summed E-state index contributed by atoms with van der Waals surface area (Å²) in [5.41, 5.74) is -0.403. The van der Waals surface area contributed by atoms with Crippen LogP contribution < -0.4 is 5.32 Å². The van der Waals surface area contributed by atoms with Crippen molar-refractivity contribution >= 4 is 5.91 Å². The van der Waals surface area contributed by atoms with Gasteiger partial charge in [-0.2, -0.15) is 0 Å². The van der Waals surface area contributed by atoms with Gasteiger partial charge in [-0.3, -0.25) is 4.79 Å². The largest absolute Gasteiger partial charge is 0.381 e. The quantitative estimate of drug-likeness (QED) is 0.501. The Labute approximate surface area is 129 Å². The molecule has 0 spiro atoms. The molecular weight excluding hydrogens is 270 g/mol. The fraction of sp³-hybridized carbons (Fsp3) is 0.938. The molecule has 0 aromatic carbocycles. The van der Waals surface area contributed by atoms with E-state index < -0.39 is 5.41 Å². The van der Waals surface area contributed by atoms with Crippen LogP contribution in [-0.2, 0) is 19.0 Å². The fourth-order valence-corrected chi connectivity index (χ4v) is 2.01. The van der Waals surface area contributed by atoms with Gasteiger partial charge in [0.05, 0.1) is 19.8 Å². The summed E-state index contributed by atoms with van der Waals surface area (Å²) in [4.78, 5) is 11.8. The van der Waals surface area contributed by atoms with Crippen molar-refractivity contribution in [3.8, 4) is 0 Å². The van der Waals surface area contributed by atoms with E-state index in [-0.39, 0.29) is 5.91 Å². The molecule has 0 fully saturated rings. The highest BCUT2D eigenvalue weighted by molar-refractivity contribution is 5.76. The Morgan fingerprint density at radius 3 is 1.52 bits per heavy atom. The zero-order valence-electron chi connectivity index (χ0n) is 14.2. The molecule has 0 radical (unpaired) electrons. The highest BCUT2D eigenvalue weighted by Crippen LogP contribution is 2.25. The number of ether oxygens (including phenoxy) is 3. The van der Waals surface area contributed by atoms with Gasteiger partial charge in [0.1, 0.15) is 0 Å². The number of rotatable bonds is 14. The molecule has 5 nitrogen and oxygen atoms in total. The molecule has 0 rings (SSSR count). The van der Waals surface area contributed by atoms with Crippen molar-refractivity contribution in [2.75, 3.05) is 46.7 Å². The number of hydrogen-bond acceptors (Lipinski definition) is 4. The van der Waals surface area contributed by atoms with Crippen LogP contribution in [0.2, 0.25) is 0 Å². The minimum absolute atomic E-state index is 0.00436. The first kappa shape index (κ1) is 20.3. The first-order valence-corrected chi connectivity index (χ1v) is 8.08. The molecule has 0 aliphatic heterocycles. The zero-order chi connectivity index (χ0) is 16.0. The van der Waals surface area contributed by atoms with Crippen LogP contribution in [0.5, 0.6) is 0 Å². The number of amides is 1. The SMILES string of the molecule is CCCOCC(COCCC)(COCCC)CC(=O)NC. The lowest BCUT2D eigenvalue weighted by molar-refractivity contribution is -0.130. The van der Waals surface area contributed by atoms with E-state index in [1.807, 2.05) is 0 Å². The van der Waals surface area contributed by atoms with Gasteiger partial charge in [0, 0.05) is 38.7 Å². The summed E-state index contributed by atoms with van der Waals surface area (Å²) in [5, 5.41) is 2.69. The molecule has 0 saturated heterocycles. The van der Waals surface area contributed by atoms with Crippen molar-refractivity contribution in [1.82, 2.24) is 5.32 Å². The van der Waals surface area contributed by atoms with E-state index in [1.165, 1.54) is 0 Å². The molecule has 0 unspecified atom stereocenters. The highest BCUT2D eigenvalue weighted by Gasteiger charge is 2.34. The predicted molar refractivity (Wildman–Crippen MR) is 84.4 cm³/mol. The Balaban J connectivity index is 4.73. The molecule has 0 aromatic heterocycles. The second kappa shape index (κ2) is 13.0. The number of nitrogens with one attached hydrogen (secondary N) is 1. The Morgan fingerprint density at radius 2 is 1.24 bits per heavy atom. The van der Waals surface area contributed by atoms with Gasteiger partial charge >= 0.3 is 0 Å². The molecule has 1 N–H and O–H groups in total. The van der Waals surface area contributed by atoms with Crippen molar-refractivity contribution in [2.24, 2.45) is 5.41 Å². The van der Waals surface area contributed by atoms with Crippen LogP contribution in [0.3, 0.4) is 0 Å². The minimum atomic E-state index is -0.403. The van der Waals surface area contributed by atoms with E-state index in [0.717, 1.165) is 19.3 Å². The second-order valence-corrected chi connectivity index (χ2v) is 5.51. The second-order valence-electron chi connectivity index (χ2n) is 5.51. The Hall–Kier alpha value is -0.650. The zero-order valence-corrected chi connectivity index (χ0v) is 14.2. The molecule has 0 aliphatic carbocycles. The number of hydrogen-bond donors (Lipinski definition) is 1. The number of carbonyl (C=O) groups excluding carboxylic acids is 1. The fourth-order valence-electron chi connectivity index (χ4n) is 2.01. The molecule has 0 atom stereocenters. The summed E-state index contributed by atoms with van der Waals surface area (Å²) >= 11 is 0. The third kappa shape index (κ3) is 9.82. The van der Waals surface area contributed by atoms with Gasteiger partial charge in [0.2, 0.25) is 5.91 Å². The monoisotopic (exact) mass is 303 g/mol. The average molecular weight is 303 g/mol. The van der Waals surface area contributed by atoms with Crippen LogP contribution in [0.4, 0.5) is 0 Å². The van der Waals surface area contributed by atoms with Crippen molar-refractivity contribution in [1.29, 1.82) is 0 Å². The lowest BCUT2D eigenvalue weighted by atomic mass is 9.86. The molecule has 5 heteroatoms. The molecule has 0 aromatic rings. The first-order valence-electron chi connectivity index (χ1n) is 8.08. The number of carbonyl (C=O) groups is 1. The van der Waals surface area contributed by atoms with Gasteiger partial charge in [0.15, 0.2) is 0 Å². The van der Waals surface area contributed by atoms with E-state index >= 15 is 0 Å². The third-order valence-corrected chi connectivity index (χ3v) is 3.08. The van der Waals surface area contributed by atoms with Gasteiger partial charge in [0.25, 0.3) is 0 Å². The molecule has 1 amide bonds. The maximum atomic E-state index is 11.8. The topological polar surface area (TPSA) is 56.8 Å². The van der Waals surface area contributed by atoms with Crippen molar-refractivity contribution in [3.05, 3.63) is 0 Å². The Morgan fingerprint density at radius 1 is 0.857 bits per heavy atom. The lowest BCUT2D eigenvalue weighted by Gasteiger charge is -2.32. The lowest BCUT2D eigenvalue weighted by Crippen LogP contribution is -2.42. The van der Waals surface area contributed by atoms with Crippen LogP contribution in [0.1, 0.15) is 46.5 Å². The van der Waals surface area contributed by atoms with Gasteiger partial charge in [-0.1, -0.05) is 20.8 Å². The summed E-state index contributed by atoms with van der Waals surface area (Å²) in [6.45, 7) is 9.75. The van der Waals surface area contributed by atoms with Gasteiger partial charge in [-0.05, 0) is 19.3 Å². The van der Waals surface area contributed by atoms with Crippen LogP contribution in [-0.4, -0.2) is 52.6 Å². The minimum Gasteiger partial charge on any atom is -0.381 e. The van der Waals surface area contributed by atoms with Crippen LogP contribution >= 0.6 is 0 Å². The van der Waals surface area contributed by atoms with Crippen LogP contribution in [0.25, 0.3) is 0 Å². The van der Waals surface area contributed by atoms with Gasteiger partial charge in [-0.15, -0.1) is 0 Å². The van der Waals surface area contributed by atoms with E-state index in [1.54, 1.807) is 7.05 Å².